The summed E-state index contributed by atoms with van der Waals surface area (Å²) < 4.78 is 11.5. The Morgan fingerprint density at radius 3 is 2.75 bits per heavy atom. The molecule has 0 aromatic rings. The van der Waals surface area contributed by atoms with E-state index >= 15 is 0 Å². The van der Waals surface area contributed by atoms with Gasteiger partial charge in [-0.2, -0.15) is 0 Å². The molecule has 3 heteroatoms. The molecule has 1 saturated heterocycles. The van der Waals surface area contributed by atoms with E-state index in [1.54, 1.807) is 0 Å². The number of rotatable bonds is 3. The van der Waals surface area contributed by atoms with Gasteiger partial charge in [0, 0.05) is 18.5 Å². The Labute approximate surface area is 121 Å². The number of aliphatic imine (C=N–C) groups is 1. The Morgan fingerprint density at radius 1 is 1.35 bits per heavy atom. The van der Waals surface area contributed by atoms with Crippen molar-refractivity contribution in [1.82, 2.24) is 0 Å². The van der Waals surface area contributed by atoms with Gasteiger partial charge < -0.3 is 9.47 Å². The SMILES string of the molecule is C\C=C(C)/N=C1/C(OC2CCOCC2)=CC=C/C1=C/C. The zero-order valence-corrected chi connectivity index (χ0v) is 12.6. The lowest BCUT2D eigenvalue weighted by Gasteiger charge is -2.26. The molecule has 0 spiro atoms. The van der Waals surface area contributed by atoms with Crippen molar-refractivity contribution in [3.05, 3.63) is 47.4 Å². The van der Waals surface area contributed by atoms with Crippen LogP contribution in [0.1, 0.15) is 33.6 Å². The van der Waals surface area contributed by atoms with Crippen molar-refractivity contribution < 1.29 is 9.47 Å². The van der Waals surface area contributed by atoms with E-state index in [1.807, 2.05) is 39.0 Å². The molecule has 3 nitrogen and oxygen atoms in total. The second-order valence-electron chi connectivity index (χ2n) is 4.95. The van der Waals surface area contributed by atoms with E-state index in [1.165, 1.54) is 0 Å². The minimum Gasteiger partial charge on any atom is -0.488 e. The van der Waals surface area contributed by atoms with Gasteiger partial charge in [0.2, 0.25) is 0 Å². The van der Waals surface area contributed by atoms with Gasteiger partial charge in [-0.1, -0.05) is 24.3 Å². The Morgan fingerprint density at radius 2 is 2.10 bits per heavy atom. The summed E-state index contributed by atoms with van der Waals surface area (Å²) in [4.78, 5) is 4.69. The van der Waals surface area contributed by atoms with Gasteiger partial charge >= 0.3 is 0 Å². The normalized spacial score (nSPS) is 25.1. The third-order valence-corrected chi connectivity index (χ3v) is 3.51. The van der Waals surface area contributed by atoms with Gasteiger partial charge in [0.05, 0.1) is 13.2 Å². The molecule has 0 N–H and O–H groups in total. The summed E-state index contributed by atoms with van der Waals surface area (Å²) in [5.41, 5.74) is 3.03. The first-order chi connectivity index (χ1) is 9.74. The second kappa shape index (κ2) is 7.25. The van der Waals surface area contributed by atoms with Crippen molar-refractivity contribution in [2.45, 2.75) is 39.7 Å². The van der Waals surface area contributed by atoms with Crippen LogP contribution in [0.25, 0.3) is 0 Å². The third-order valence-electron chi connectivity index (χ3n) is 3.51. The first-order valence-electron chi connectivity index (χ1n) is 7.26. The number of ether oxygens (including phenoxy) is 2. The molecule has 0 amide bonds. The Balaban J connectivity index is 2.21. The highest BCUT2D eigenvalue weighted by atomic mass is 16.5. The average molecular weight is 273 g/mol. The van der Waals surface area contributed by atoms with Crippen LogP contribution >= 0.6 is 0 Å². The Hall–Kier alpha value is -1.61. The highest BCUT2D eigenvalue weighted by Gasteiger charge is 2.21. The van der Waals surface area contributed by atoms with Gasteiger partial charge in [0.15, 0.2) is 0 Å². The zero-order chi connectivity index (χ0) is 14.4. The molecular formula is C17H23NO2. The molecule has 0 aromatic heterocycles. The molecule has 1 heterocycles. The van der Waals surface area contributed by atoms with Crippen LogP contribution in [0.4, 0.5) is 0 Å². The zero-order valence-electron chi connectivity index (χ0n) is 12.6. The van der Waals surface area contributed by atoms with E-state index in [0.717, 1.165) is 48.8 Å². The molecule has 1 aliphatic carbocycles. The number of nitrogens with zero attached hydrogens (tertiary/aromatic N) is 1. The fourth-order valence-corrected chi connectivity index (χ4v) is 2.20. The molecule has 108 valence electrons. The molecule has 0 saturated carbocycles. The first kappa shape index (κ1) is 14.8. The molecule has 2 rings (SSSR count). The fourth-order valence-electron chi connectivity index (χ4n) is 2.20. The number of hydrogen-bond acceptors (Lipinski definition) is 3. The largest absolute Gasteiger partial charge is 0.488 e. The lowest BCUT2D eigenvalue weighted by atomic mass is 10.0. The monoisotopic (exact) mass is 273 g/mol. The summed E-state index contributed by atoms with van der Waals surface area (Å²) >= 11 is 0. The van der Waals surface area contributed by atoms with E-state index in [2.05, 4.69) is 17.1 Å². The first-order valence-corrected chi connectivity index (χ1v) is 7.26. The van der Waals surface area contributed by atoms with Crippen LogP contribution in [0.5, 0.6) is 0 Å². The molecule has 0 bridgehead atoms. The van der Waals surface area contributed by atoms with Crippen molar-refractivity contribution >= 4 is 5.71 Å². The summed E-state index contributed by atoms with van der Waals surface area (Å²) in [6, 6.07) is 0. The molecule has 0 unspecified atom stereocenters. The molecule has 0 atom stereocenters. The molecule has 0 aromatic carbocycles. The average Bonchev–Trinajstić information content (AvgIpc) is 2.49. The quantitative estimate of drug-likeness (QED) is 0.779. The maximum Gasteiger partial charge on any atom is 0.145 e. The van der Waals surface area contributed by atoms with Crippen molar-refractivity contribution in [2.75, 3.05) is 13.2 Å². The predicted molar refractivity (Wildman–Crippen MR) is 82.8 cm³/mol. The highest BCUT2D eigenvalue weighted by molar-refractivity contribution is 6.14. The van der Waals surface area contributed by atoms with Crippen LogP contribution in [0, 0.1) is 0 Å². The number of allylic oxidation sites excluding steroid dienone is 7. The summed E-state index contributed by atoms with van der Waals surface area (Å²) in [5, 5.41) is 0. The molecule has 1 aliphatic heterocycles. The van der Waals surface area contributed by atoms with Gasteiger partial charge in [-0.15, -0.1) is 0 Å². The van der Waals surface area contributed by atoms with Crippen molar-refractivity contribution in [2.24, 2.45) is 4.99 Å². The molecule has 2 aliphatic rings. The fraction of sp³-hybridized carbons (Fsp3) is 0.471. The van der Waals surface area contributed by atoms with Crippen molar-refractivity contribution in [3.8, 4) is 0 Å². The van der Waals surface area contributed by atoms with Crippen molar-refractivity contribution in [1.29, 1.82) is 0 Å². The predicted octanol–water partition coefficient (Wildman–Crippen LogP) is 3.95. The van der Waals surface area contributed by atoms with Crippen LogP contribution in [0.15, 0.2) is 52.4 Å². The summed E-state index contributed by atoms with van der Waals surface area (Å²) in [5.74, 6) is 0.869. The second-order valence-corrected chi connectivity index (χ2v) is 4.95. The van der Waals surface area contributed by atoms with Gasteiger partial charge in [-0.3, -0.25) is 0 Å². The van der Waals surface area contributed by atoms with Crippen LogP contribution in [0.2, 0.25) is 0 Å². The maximum absolute atomic E-state index is 6.15. The lowest BCUT2D eigenvalue weighted by Crippen LogP contribution is -2.25. The van der Waals surface area contributed by atoms with Crippen LogP contribution in [-0.2, 0) is 9.47 Å². The van der Waals surface area contributed by atoms with Gasteiger partial charge in [-0.05, 0) is 32.4 Å². The molecule has 0 radical (unpaired) electrons. The Kier molecular flexibility index (Phi) is 5.36. The highest BCUT2D eigenvalue weighted by Crippen LogP contribution is 2.23. The standard InChI is InChI=1S/C17H23NO2/c1-4-13(3)18-17-14(5-2)7-6-8-16(17)20-15-9-11-19-12-10-15/h4-8,15H,9-12H2,1-3H3/b13-4-,14-5-,18-17+. The van der Waals surface area contributed by atoms with E-state index in [0.29, 0.717) is 0 Å². The van der Waals surface area contributed by atoms with E-state index in [-0.39, 0.29) is 6.10 Å². The third kappa shape index (κ3) is 3.70. The van der Waals surface area contributed by atoms with Gasteiger partial charge in [0.25, 0.3) is 0 Å². The Bertz CT molecular complexity index is 489. The molecule has 1 fully saturated rings. The molecular weight excluding hydrogens is 250 g/mol. The summed E-state index contributed by atoms with van der Waals surface area (Å²) in [6.07, 6.45) is 12.3. The van der Waals surface area contributed by atoms with Gasteiger partial charge in [-0.25, -0.2) is 4.99 Å². The number of hydrogen-bond donors (Lipinski definition) is 0. The smallest absolute Gasteiger partial charge is 0.145 e. The summed E-state index contributed by atoms with van der Waals surface area (Å²) in [7, 11) is 0. The van der Waals surface area contributed by atoms with Crippen LogP contribution in [0.3, 0.4) is 0 Å². The molecule has 20 heavy (non-hydrogen) atoms. The van der Waals surface area contributed by atoms with E-state index in [4.69, 9.17) is 9.47 Å². The minimum atomic E-state index is 0.232. The van der Waals surface area contributed by atoms with Crippen molar-refractivity contribution in [3.63, 3.8) is 0 Å². The van der Waals surface area contributed by atoms with Crippen LogP contribution < -0.4 is 0 Å². The topological polar surface area (TPSA) is 30.8 Å². The lowest BCUT2D eigenvalue weighted by molar-refractivity contribution is 0.00109. The van der Waals surface area contributed by atoms with E-state index < -0.39 is 0 Å². The van der Waals surface area contributed by atoms with Crippen LogP contribution in [-0.4, -0.2) is 25.0 Å². The van der Waals surface area contributed by atoms with E-state index in [9.17, 15) is 0 Å². The van der Waals surface area contributed by atoms with Gasteiger partial charge in [0.1, 0.15) is 17.6 Å². The minimum absolute atomic E-state index is 0.232. The maximum atomic E-state index is 6.15. The summed E-state index contributed by atoms with van der Waals surface area (Å²) in [6.45, 7) is 7.59.